The third kappa shape index (κ3) is 4.50. The first kappa shape index (κ1) is 17.3. The summed E-state index contributed by atoms with van der Waals surface area (Å²) in [6, 6.07) is 15.4. The molecule has 3 rings (SSSR count). The van der Waals surface area contributed by atoms with E-state index in [0.717, 1.165) is 18.4 Å². The van der Waals surface area contributed by atoms with E-state index in [2.05, 4.69) is 5.32 Å². The Labute approximate surface area is 148 Å². The number of aliphatic hydroxyl groups excluding tert-OH is 1. The van der Waals surface area contributed by atoms with Crippen molar-refractivity contribution in [3.8, 4) is 5.75 Å². The Bertz CT molecular complexity index is 659. The molecule has 0 aromatic heterocycles. The summed E-state index contributed by atoms with van der Waals surface area (Å²) in [5.74, 6) is 0.828. The Morgan fingerprint density at radius 3 is 2.67 bits per heavy atom. The van der Waals surface area contributed by atoms with E-state index in [1.54, 1.807) is 12.1 Å². The molecule has 0 spiro atoms. The molecule has 0 saturated heterocycles. The van der Waals surface area contributed by atoms with Crippen LogP contribution in [-0.4, -0.2) is 22.8 Å². The minimum absolute atomic E-state index is 0.314. The zero-order chi connectivity index (χ0) is 16.9. The maximum Gasteiger partial charge on any atom is 0.115 e. The maximum absolute atomic E-state index is 10.3. The molecule has 3 atom stereocenters. The summed E-state index contributed by atoms with van der Waals surface area (Å²) < 4.78 is 0. The van der Waals surface area contributed by atoms with Gasteiger partial charge in [0.05, 0.1) is 6.10 Å². The van der Waals surface area contributed by atoms with E-state index in [1.165, 1.54) is 18.4 Å². The summed E-state index contributed by atoms with van der Waals surface area (Å²) >= 11 is 5.99. The summed E-state index contributed by atoms with van der Waals surface area (Å²) in [5, 5.41) is 23.9. The number of benzene rings is 2. The quantitative estimate of drug-likeness (QED) is 0.753. The minimum atomic E-state index is -0.544. The fourth-order valence-electron chi connectivity index (χ4n) is 3.53. The molecule has 3 N–H and O–H groups in total. The number of halogens is 1. The van der Waals surface area contributed by atoms with Crippen LogP contribution in [0.3, 0.4) is 0 Å². The van der Waals surface area contributed by atoms with Crippen LogP contribution >= 0.6 is 11.6 Å². The van der Waals surface area contributed by atoms with Gasteiger partial charge in [-0.05, 0) is 60.6 Å². The lowest BCUT2D eigenvalue weighted by Gasteiger charge is -2.31. The summed E-state index contributed by atoms with van der Waals surface area (Å²) in [4.78, 5) is 0. The lowest BCUT2D eigenvalue weighted by molar-refractivity contribution is 0.164. The van der Waals surface area contributed by atoms with Gasteiger partial charge in [-0.25, -0.2) is 0 Å². The molecule has 1 aliphatic rings. The molecule has 0 amide bonds. The van der Waals surface area contributed by atoms with Crippen LogP contribution in [0.1, 0.15) is 48.8 Å². The molecule has 24 heavy (non-hydrogen) atoms. The van der Waals surface area contributed by atoms with Gasteiger partial charge in [-0.1, -0.05) is 42.3 Å². The fourth-order valence-corrected chi connectivity index (χ4v) is 3.73. The van der Waals surface area contributed by atoms with Gasteiger partial charge in [-0.2, -0.15) is 0 Å². The highest BCUT2D eigenvalue weighted by Gasteiger charge is 2.23. The summed E-state index contributed by atoms with van der Waals surface area (Å²) in [5.41, 5.74) is 2.13. The van der Waals surface area contributed by atoms with Gasteiger partial charge in [0.2, 0.25) is 0 Å². The van der Waals surface area contributed by atoms with Crippen LogP contribution in [0.5, 0.6) is 5.75 Å². The van der Waals surface area contributed by atoms with Crippen LogP contribution in [0.25, 0.3) is 0 Å². The highest BCUT2D eigenvalue weighted by Crippen LogP contribution is 2.33. The highest BCUT2D eigenvalue weighted by atomic mass is 35.5. The summed E-state index contributed by atoms with van der Waals surface area (Å²) in [6.45, 7) is 0.535. The molecule has 0 radical (unpaired) electrons. The Morgan fingerprint density at radius 2 is 1.92 bits per heavy atom. The van der Waals surface area contributed by atoms with Gasteiger partial charge < -0.3 is 15.5 Å². The van der Waals surface area contributed by atoms with Crippen molar-refractivity contribution in [1.82, 2.24) is 5.32 Å². The molecular weight excluding hydrogens is 322 g/mol. The monoisotopic (exact) mass is 345 g/mol. The standard InChI is InChI=1S/C20H24ClNO2/c21-17-5-1-4-16(11-17)20(24)13-22-18-6-2-3-15(12-18)14-7-9-19(23)10-8-14/h1,4-5,7-11,15,18,20,22-24H,2-3,6,12-13H2/t15?,18?,20-/m0/s1. The number of rotatable bonds is 5. The van der Waals surface area contributed by atoms with Gasteiger partial charge in [0.1, 0.15) is 5.75 Å². The SMILES string of the molecule is Oc1ccc(C2CCCC(NC[C@H](O)c3cccc(Cl)c3)C2)cc1. The average molecular weight is 346 g/mol. The van der Waals surface area contributed by atoms with E-state index in [4.69, 9.17) is 11.6 Å². The minimum Gasteiger partial charge on any atom is -0.508 e. The van der Waals surface area contributed by atoms with E-state index in [9.17, 15) is 10.2 Å². The second-order valence-corrected chi connectivity index (χ2v) is 7.07. The molecule has 1 saturated carbocycles. The van der Waals surface area contributed by atoms with Crippen molar-refractivity contribution in [2.24, 2.45) is 0 Å². The van der Waals surface area contributed by atoms with E-state index < -0.39 is 6.10 Å². The number of hydrogen-bond donors (Lipinski definition) is 3. The third-order valence-corrected chi connectivity index (χ3v) is 5.11. The third-order valence-electron chi connectivity index (χ3n) is 4.87. The fraction of sp³-hybridized carbons (Fsp3) is 0.400. The number of hydrogen-bond acceptors (Lipinski definition) is 3. The molecule has 1 aliphatic carbocycles. The van der Waals surface area contributed by atoms with E-state index >= 15 is 0 Å². The number of nitrogens with one attached hydrogen (secondary N) is 1. The second-order valence-electron chi connectivity index (χ2n) is 6.63. The molecular formula is C20H24ClNO2. The van der Waals surface area contributed by atoms with Crippen LogP contribution in [0.2, 0.25) is 5.02 Å². The first-order valence-corrected chi connectivity index (χ1v) is 8.95. The van der Waals surface area contributed by atoms with E-state index in [0.29, 0.717) is 29.3 Å². The Hall–Kier alpha value is -1.55. The molecule has 3 nitrogen and oxygen atoms in total. The Balaban J connectivity index is 1.54. The van der Waals surface area contributed by atoms with Gasteiger partial charge in [-0.3, -0.25) is 0 Å². The smallest absolute Gasteiger partial charge is 0.115 e. The topological polar surface area (TPSA) is 52.5 Å². The van der Waals surface area contributed by atoms with Crippen molar-refractivity contribution in [2.75, 3.05) is 6.54 Å². The van der Waals surface area contributed by atoms with Gasteiger partial charge in [0.15, 0.2) is 0 Å². The lowest BCUT2D eigenvalue weighted by atomic mass is 9.81. The zero-order valence-electron chi connectivity index (χ0n) is 13.7. The van der Waals surface area contributed by atoms with Crippen LogP contribution in [0.4, 0.5) is 0 Å². The number of phenolic OH excluding ortho intramolecular Hbond substituents is 1. The highest BCUT2D eigenvalue weighted by molar-refractivity contribution is 6.30. The number of aliphatic hydroxyl groups is 1. The Kier molecular flexibility index (Phi) is 5.77. The molecule has 0 bridgehead atoms. The molecule has 0 aliphatic heterocycles. The van der Waals surface area contributed by atoms with Gasteiger partial charge in [0, 0.05) is 17.6 Å². The predicted molar refractivity (Wildman–Crippen MR) is 97.5 cm³/mol. The number of aromatic hydroxyl groups is 1. The second kappa shape index (κ2) is 8.02. The van der Waals surface area contributed by atoms with Gasteiger partial charge in [-0.15, -0.1) is 0 Å². The molecule has 128 valence electrons. The van der Waals surface area contributed by atoms with Gasteiger partial charge >= 0.3 is 0 Å². The molecule has 2 aromatic rings. The predicted octanol–water partition coefficient (Wildman–Crippen LogP) is 4.40. The van der Waals surface area contributed by atoms with Crippen molar-refractivity contribution in [2.45, 2.75) is 43.7 Å². The van der Waals surface area contributed by atoms with Crippen LogP contribution < -0.4 is 5.32 Å². The van der Waals surface area contributed by atoms with Crippen molar-refractivity contribution in [3.05, 3.63) is 64.7 Å². The van der Waals surface area contributed by atoms with Crippen LogP contribution in [0, 0.1) is 0 Å². The normalized spacial score (nSPS) is 22.2. The van der Waals surface area contributed by atoms with Gasteiger partial charge in [0.25, 0.3) is 0 Å². The van der Waals surface area contributed by atoms with Crippen molar-refractivity contribution in [1.29, 1.82) is 0 Å². The van der Waals surface area contributed by atoms with Crippen LogP contribution in [0.15, 0.2) is 48.5 Å². The van der Waals surface area contributed by atoms with Crippen molar-refractivity contribution >= 4 is 11.6 Å². The molecule has 2 aromatic carbocycles. The first-order chi connectivity index (χ1) is 11.6. The maximum atomic E-state index is 10.3. The Morgan fingerprint density at radius 1 is 1.12 bits per heavy atom. The van der Waals surface area contributed by atoms with Crippen molar-refractivity contribution < 1.29 is 10.2 Å². The molecule has 1 fully saturated rings. The summed E-state index contributed by atoms with van der Waals surface area (Å²) in [6.07, 6.45) is 4.01. The summed E-state index contributed by atoms with van der Waals surface area (Å²) in [7, 11) is 0. The van der Waals surface area contributed by atoms with Crippen LogP contribution in [-0.2, 0) is 0 Å². The molecule has 4 heteroatoms. The first-order valence-electron chi connectivity index (χ1n) is 8.57. The van der Waals surface area contributed by atoms with E-state index in [1.807, 2.05) is 36.4 Å². The average Bonchev–Trinajstić information content (AvgIpc) is 2.60. The lowest BCUT2D eigenvalue weighted by Crippen LogP contribution is -2.36. The number of phenols is 1. The largest absolute Gasteiger partial charge is 0.508 e. The molecule has 2 unspecified atom stereocenters. The van der Waals surface area contributed by atoms with E-state index in [-0.39, 0.29) is 0 Å². The molecule has 0 heterocycles. The van der Waals surface area contributed by atoms with Crippen molar-refractivity contribution in [3.63, 3.8) is 0 Å². The zero-order valence-corrected chi connectivity index (χ0v) is 14.4.